The number of piperidine rings is 1. The van der Waals surface area contributed by atoms with E-state index in [-0.39, 0.29) is 11.8 Å². The summed E-state index contributed by atoms with van der Waals surface area (Å²) in [4.78, 5) is 35.8. The molecule has 38 heavy (non-hydrogen) atoms. The molecule has 0 bridgehead atoms. The van der Waals surface area contributed by atoms with Crippen LogP contribution in [0.5, 0.6) is 0 Å². The van der Waals surface area contributed by atoms with Gasteiger partial charge >= 0.3 is 0 Å². The van der Waals surface area contributed by atoms with Crippen LogP contribution in [0.3, 0.4) is 0 Å². The first kappa shape index (κ1) is 25.2. The van der Waals surface area contributed by atoms with Gasteiger partial charge in [0, 0.05) is 49.7 Å². The summed E-state index contributed by atoms with van der Waals surface area (Å²) < 4.78 is 0. The van der Waals surface area contributed by atoms with Gasteiger partial charge in [-0.3, -0.25) is 9.79 Å². The number of aryl methyl sites for hydroxylation is 1. The fourth-order valence-corrected chi connectivity index (χ4v) is 7.41. The minimum absolute atomic E-state index is 0.0533. The first-order chi connectivity index (χ1) is 18.4. The van der Waals surface area contributed by atoms with Crippen LogP contribution in [0.4, 0.5) is 17.2 Å². The number of aromatic nitrogens is 2. The molecule has 2 aromatic heterocycles. The highest BCUT2D eigenvalue weighted by atomic mass is 32.1. The summed E-state index contributed by atoms with van der Waals surface area (Å²) in [7, 11) is 6.27. The van der Waals surface area contributed by atoms with E-state index in [1.807, 2.05) is 25.1 Å². The Morgan fingerprint density at radius 2 is 1.97 bits per heavy atom. The summed E-state index contributed by atoms with van der Waals surface area (Å²) in [6, 6.07) is 5.19. The van der Waals surface area contributed by atoms with Crippen molar-refractivity contribution in [3.63, 3.8) is 0 Å². The first-order valence-corrected chi connectivity index (χ1v) is 14.6. The van der Waals surface area contributed by atoms with Crippen molar-refractivity contribution in [3.05, 3.63) is 40.0 Å². The minimum atomic E-state index is 0.0533. The van der Waals surface area contributed by atoms with E-state index in [0.717, 1.165) is 80.0 Å². The van der Waals surface area contributed by atoms with Gasteiger partial charge in [0.2, 0.25) is 5.91 Å². The first-order valence-electron chi connectivity index (χ1n) is 13.8. The molecule has 0 saturated carbocycles. The number of amides is 1. The number of hydrogen-bond donors (Lipinski definition) is 1. The van der Waals surface area contributed by atoms with Crippen molar-refractivity contribution >= 4 is 50.9 Å². The van der Waals surface area contributed by atoms with Gasteiger partial charge in [0.25, 0.3) is 0 Å². The maximum Gasteiger partial charge on any atom is 0.225 e. The highest BCUT2D eigenvalue weighted by Gasteiger charge is 2.31. The molecular formula is C29H37N7OS. The van der Waals surface area contributed by atoms with Crippen LogP contribution < -0.4 is 10.2 Å². The minimum Gasteiger partial charge on any atom is -0.370 e. The average molecular weight is 532 g/mol. The molecule has 3 aliphatic rings. The number of benzene rings is 1. The molecule has 1 N–H and O–H groups in total. The van der Waals surface area contributed by atoms with Gasteiger partial charge in [0.1, 0.15) is 17.0 Å². The van der Waals surface area contributed by atoms with Crippen molar-refractivity contribution in [3.8, 4) is 0 Å². The Morgan fingerprint density at radius 3 is 2.74 bits per heavy atom. The van der Waals surface area contributed by atoms with Crippen molar-refractivity contribution in [1.82, 2.24) is 19.8 Å². The molecule has 6 rings (SSSR count). The van der Waals surface area contributed by atoms with Crippen molar-refractivity contribution in [2.45, 2.75) is 51.6 Å². The van der Waals surface area contributed by atoms with Gasteiger partial charge in [0.15, 0.2) is 0 Å². The number of nitrogens with one attached hydrogen (secondary N) is 1. The molecule has 8 nitrogen and oxygen atoms in total. The summed E-state index contributed by atoms with van der Waals surface area (Å²) in [5.41, 5.74) is 6.09. The molecule has 3 aromatic rings. The molecule has 1 amide bonds. The van der Waals surface area contributed by atoms with Crippen LogP contribution in [0.25, 0.3) is 10.2 Å². The lowest BCUT2D eigenvalue weighted by atomic mass is 9.87. The van der Waals surface area contributed by atoms with Crippen LogP contribution in [0.15, 0.2) is 23.5 Å². The summed E-state index contributed by atoms with van der Waals surface area (Å²) in [6.45, 7) is 5.59. The van der Waals surface area contributed by atoms with Crippen LogP contribution in [0, 0.1) is 5.92 Å². The van der Waals surface area contributed by atoms with E-state index in [9.17, 15) is 4.79 Å². The number of anilines is 3. The molecule has 4 heterocycles. The zero-order valence-corrected chi connectivity index (χ0v) is 23.6. The Balaban J connectivity index is 1.33. The van der Waals surface area contributed by atoms with Gasteiger partial charge in [-0.2, -0.15) is 0 Å². The Hall–Kier alpha value is -3.04. The van der Waals surface area contributed by atoms with E-state index in [1.54, 1.807) is 17.7 Å². The standard InChI is InChI=1S/C29H37N7OS/c1-5-35(4)29(37)18-6-7-22-25(14-18)38-28-26(22)27(31-17-32-28)33-23-12-19-15-30-16-20(19)13-24(23)36-10-8-21(9-11-36)34(2)3/h12-13,15,17-18,21H,5-11,14,16H2,1-4H3,(H,31,32,33)/t18-/m0/s1. The molecule has 9 heteroatoms. The number of carbonyl (C=O) groups is 1. The smallest absolute Gasteiger partial charge is 0.225 e. The number of thiophene rings is 1. The third-order valence-corrected chi connectivity index (χ3v) is 9.75. The molecule has 1 aliphatic carbocycles. The van der Waals surface area contributed by atoms with E-state index in [2.05, 4.69) is 51.3 Å². The van der Waals surface area contributed by atoms with E-state index >= 15 is 0 Å². The fourth-order valence-electron chi connectivity index (χ4n) is 6.14. The number of hydrogen-bond acceptors (Lipinski definition) is 8. The van der Waals surface area contributed by atoms with Crippen LogP contribution >= 0.6 is 11.3 Å². The Labute approximate surface area is 228 Å². The maximum atomic E-state index is 12.9. The second kappa shape index (κ2) is 10.3. The predicted octanol–water partition coefficient (Wildman–Crippen LogP) is 4.48. The van der Waals surface area contributed by atoms with E-state index in [1.165, 1.54) is 27.3 Å². The number of fused-ring (bicyclic) bond motifs is 4. The third-order valence-electron chi connectivity index (χ3n) is 8.58. The molecule has 1 atom stereocenters. The summed E-state index contributed by atoms with van der Waals surface area (Å²) in [5.74, 6) is 1.17. The second-order valence-electron chi connectivity index (χ2n) is 11.0. The molecular weight excluding hydrogens is 494 g/mol. The number of carbonyl (C=O) groups excluding carboxylic acids is 1. The lowest BCUT2D eigenvalue weighted by Gasteiger charge is -2.37. The molecule has 0 spiro atoms. The van der Waals surface area contributed by atoms with Crippen molar-refractivity contribution in [1.29, 1.82) is 0 Å². The molecule has 1 fully saturated rings. The van der Waals surface area contributed by atoms with Gasteiger partial charge in [-0.15, -0.1) is 11.3 Å². The Kier molecular flexibility index (Phi) is 6.82. The summed E-state index contributed by atoms with van der Waals surface area (Å²) in [5, 5.41) is 4.86. The lowest BCUT2D eigenvalue weighted by molar-refractivity contribution is -0.134. The molecule has 1 aromatic carbocycles. The highest BCUT2D eigenvalue weighted by molar-refractivity contribution is 7.19. The molecule has 0 unspecified atom stereocenters. The zero-order valence-electron chi connectivity index (χ0n) is 22.8. The maximum absolute atomic E-state index is 12.9. The van der Waals surface area contributed by atoms with Crippen molar-refractivity contribution in [2.24, 2.45) is 10.9 Å². The Bertz CT molecular complexity index is 1390. The van der Waals surface area contributed by atoms with Crippen molar-refractivity contribution in [2.75, 3.05) is 51.0 Å². The molecule has 0 radical (unpaired) electrons. The zero-order chi connectivity index (χ0) is 26.4. The number of nitrogens with zero attached hydrogens (tertiary/aromatic N) is 6. The third kappa shape index (κ3) is 4.56. The summed E-state index contributed by atoms with van der Waals surface area (Å²) in [6.07, 6.45) is 8.50. The Morgan fingerprint density at radius 1 is 1.16 bits per heavy atom. The largest absolute Gasteiger partial charge is 0.370 e. The lowest BCUT2D eigenvalue weighted by Crippen LogP contribution is -2.42. The fraction of sp³-hybridized carbons (Fsp3) is 0.517. The highest BCUT2D eigenvalue weighted by Crippen LogP contribution is 2.42. The monoisotopic (exact) mass is 531 g/mol. The molecule has 200 valence electrons. The van der Waals surface area contributed by atoms with Gasteiger partial charge in [-0.05, 0) is 81.9 Å². The molecule has 1 saturated heterocycles. The van der Waals surface area contributed by atoms with Crippen LogP contribution in [-0.2, 0) is 24.2 Å². The second-order valence-corrected chi connectivity index (χ2v) is 12.1. The predicted molar refractivity (Wildman–Crippen MR) is 156 cm³/mol. The van der Waals surface area contributed by atoms with Gasteiger partial charge in [-0.1, -0.05) is 0 Å². The molecule has 2 aliphatic heterocycles. The van der Waals surface area contributed by atoms with Gasteiger partial charge < -0.3 is 20.0 Å². The topological polar surface area (TPSA) is 77.0 Å². The SMILES string of the molecule is CCN(C)C(=O)[C@H]1CCc2c(sc3ncnc(Nc4cc5c(cc4N4CCC(N(C)C)CC4)CN=C5)c23)C1. The van der Waals surface area contributed by atoms with E-state index < -0.39 is 0 Å². The number of rotatable bonds is 6. The van der Waals surface area contributed by atoms with E-state index in [4.69, 9.17) is 4.98 Å². The number of aliphatic imine (C=N–C) groups is 1. The normalized spacial score (nSPS) is 19.2. The van der Waals surface area contributed by atoms with Gasteiger partial charge in [-0.25, -0.2) is 9.97 Å². The van der Waals surface area contributed by atoms with Crippen LogP contribution in [-0.4, -0.2) is 78.7 Å². The van der Waals surface area contributed by atoms with Crippen LogP contribution in [0.1, 0.15) is 47.8 Å². The van der Waals surface area contributed by atoms with Gasteiger partial charge in [0.05, 0.1) is 23.3 Å². The summed E-state index contributed by atoms with van der Waals surface area (Å²) >= 11 is 1.72. The quantitative estimate of drug-likeness (QED) is 0.506. The van der Waals surface area contributed by atoms with Crippen LogP contribution in [0.2, 0.25) is 0 Å². The van der Waals surface area contributed by atoms with Crippen molar-refractivity contribution < 1.29 is 4.79 Å². The van der Waals surface area contributed by atoms with E-state index in [0.29, 0.717) is 6.04 Å². The average Bonchev–Trinajstić information content (AvgIpc) is 3.55.